The Morgan fingerprint density at radius 1 is 0.775 bits per heavy atom. The van der Waals surface area contributed by atoms with Crippen LogP contribution in [0.25, 0.3) is 11.3 Å². The summed E-state index contributed by atoms with van der Waals surface area (Å²) >= 11 is 0. The van der Waals surface area contributed by atoms with Crippen LogP contribution in [0.4, 0.5) is 5.69 Å². The number of benzene rings is 4. The lowest BCUT2D eigenvalue weighted by Gasteiger charge is -2.29. The van der Waals surface area contributed by atoms with Crippen molar-refractivity contribution in [2.24, 2.45) is 0 Å². The van der Waals surface area contributed by atoms with E-state index in [1.165, 1.54) is 0 Å². The molecule has 5 rings (SSSR count). The number of hydrogen-bond acceptors (Lipinski definition) is 6. The highest BCUT2D eigenvalue weighted by Gasteiger charge is 2.41. The Balaban J connectivity index is 1.59. The molecule has 0 aliphatic rings. The van der Waals surface area contributed by atoms with Gasteiger partial charge < -0.3 is 14.4 Å². The van der Waals surface area contributed by atoms with E-state index in [1.54, 1.807) is 36.5 Å². The summed E-state index contributed by atoms with van der Waals surface area (Å²) in [5.41, 5.74) is 2.95. The number of nitrogens with one attached hydrogen (secondary N) is 1. The van der Waals surface area contributed by atoms with Crippen LogP contribution in [0.2, 0.25) is 0 Å². The number of anilines is 1. The van der Waals surface area contributed by atoms with Gasteiger partial charge in [-0.05, 0) is 66.2 Å². The number of hydrogen-bond donors (Lipinski definition) is 1. The Bertz CT molecular complexity index is 1560. The molecular formula is C32H29N2O4PS. The minimum atomic E-state index is -3.98. The first-order valence-electron chi connectivity index (χ1n) is 12.9. The van der Waals surface area contributed by atoms with Crippen molar-refractivity contribution in [2.75, 3.05) is 11.1 Å². The smallest absolute Gasteiger partial charge is 0.414 e. The molecule has 0 aliphatic heterocycles. The molecule has 2 atom stereocenters. The molecule has 1 aromatic heterocycles. The second-order valence-electron chi connectivity index (χ2n) is 8.89. The van der Waals surface area contributed by atoms with Crippen LogP contribution in [-0.4, -0.2) is 14.9 Å². The molecule has 5 aromatic rings. The maximum atomic E-state index is 14.9. The molecule has 0 amide bonds. The monoisotopic (exact) mass is 568 g/mol. The molecule has 0 aliphatic carbocycles. The lowest BCUT2D eigenvalue weighted by Crippen LogP contribution is -2.18. The highest BCUT2D eigenvalue weighted by Crippen LogP contribution is 2.60. The summed E-state index contributed by atoms with van der Waals surface area (Å²) in [7, 11) is -5.02. The van der Waals surface area contributed by atoms with Crippen molar-refractivity contribution >= 4 is 24.1 Å². The van der Waals surface area contributed by atoms with Crippen LogP contribution in [0.3, 0.4) is 0 Å². The average molecular weight is 569 g/mol. The Morgan fingerprint density at radius 2 is 1.32 bits per heavy atom. The summed E-state index contributed by atoms with van der Waals surface area (Å²) in [5, 5.41) is 3.41. The number of rotatable bonds is 11. The molecule has 0 bridgehead atoms. The Kier molecular flexibility index (Phi) is 8.74. The van der Waals surface area contributed by atoms with Gasteiger partial charge >= 0.3 is 7.60 Å². The lowest BCUT2D eigenvalue weighted by atomic mass is 10.1. The van der Waals surface area contributed by atoms with Crippen molar-refractivity contribution in [1.29, 1.82) is 0 Å². The van der Waals surface area contributed by atoms with Crippen LogP contribution < -0.4 is 14.4 Å². The van der Waals surface area contributed by atoms with E-state index < -0.39 is 24.2 Å². The van der Waals surface area contributed by atoms with Gasteiger partial charge in [0.2, 0.25) is 0 Å². The van der Waals surface area contributed by atoms with Crippen LogP contribution in [0.15, 0.2) is 138 Å². The Hall–Kier alpha value is -4.19. The number of pyridine rings is 1. The second kappa shape index (κ2) is 12.8. The van der Waals surface area contributed by atoms with Gasteiger partial charge in [-0.2, -0.15) is 0 Å². The normalized spacial score (nSPS) is 12.7. The number of aromatic nitrogens is 1. The van der Waals surface area contributed by atoms with Crippen LogP contribution in [-0.2, 0) is 15.4 Å². The van der Waals surface area contributed by atoms with Crippen LogP contribution in [0.1, 0.15) is 18.3 Å². The van der Waals surface area contributed by atoms with Crippen molar-refractivity contribution in [1.82, 2.24) is 4.98 Å². The van der Waals surface area contributed by atoms with Crippen molar-refractivity contribution in [3.05, 3.63) is 139 Å². The van der Waals surface area contributed by atoms with Crippen LogP contribution >= 0.6 is 7.60 Å². The van der Waals surface area contributed by atoms with E-state index in [4.69, 9.17) is 9.05 Å². The Morgan fingerprint density at radius 3 is 1.88 bits per heavy atom. The van der Waals surface area contributed by atoms with Gasteiger partial charge in [0.15, 0.2) is 5.78 Å². The zero-order valence-corrected chi connectivity index (χ0v) is 23.6. The first-order chi connectivity index (χ1) is 19.5. The maximum Gasteiger partial charge on any atom is 0.457 e. The molecule has 1 N–H and O–H groups in total. The second-order valence-corrected chi connectivity index (χ2v) is 12.6. The Labute approximate surface area is 237 Å². The fraction of sp³-hybridized carbons (Fsp3) is 0.0938. The third kappa shape index (κ3) is 6.68. The number of nitrogens with zero attached hydrogens (tertiary/aromatic N) is 1. The summed E-state index contributed by atoms with van der Waals surface area (Å²) in [6, 6.07) is 38.7. The zero-order chi connectivity index (χ0) is 27.8. The molecule has 1 heterocycles. The van der Waals surface area contributed by atoms with E-state index in [0.29, 0.717) is 28.5 Å². The van der Waals surface area contributed by atoms with E-state index in [-0.39, 0.29) is 0 Å². The summed E-state index contributed by atoms with van der Waals surface area (Å²) in [6.45, 7) is 1.89. The molecule has 202 valence electrons. The maximum absolute atomic E-state index is 14.9. The highest BCUT2D eigenvalue weighted by atomic mass is 32.2. The topological polar surface area (TPSA) is 77.5 Å². The van der Waals surface area contributed by atoms with E-state index in [0.717, 1.165) is 16.1 Å². The SMILES string of the molecule is CCS(=O)c1ccc(-c2cc(C(Nc3ccccc3)P(=O)(Oc3ccccc3)Oc3ccccc3)ccn2)cc1. The van der Waals surface area contributed by atoms with E-state index >= 15 is 0 Å². The summed E-state index contributed by atoms with van der Waals surface area (Å²) < 4.78 is 39.5. The van der Waals surface area contributed by atoms with Crippen LogP contribution in [0, 0.1) is 0 Å². The highest BCUT2D eigenvalue weighted by molar-refractivity contribution is 7.85. The number of para-hydroxylation sites is 3. The van der Waals surface area contributed by atoms with Gasteiger partial charge in [-0.1, -0.05) is 73.7 Å². The standard InChI is InChI=1S/C32H29N2O4PS/c1-2-40(36)30-20-18-25(19-21-30)31-24-26(22-23-33-31)32(34-27-12-6-3-7-13-27)39(35,37-28-14-8-4-9-15-28)38-29-16-10-5-11-17-29/h3-24,32,34H,2H2,1H3. The largest absolute Gasteiger partial charge is 0.457 e. The molecule has 40 heavy (non-hydrogen) atoms. The molecule has 0 radical (unpaired) electrons. The average Bonchev–Trinajstić information content (AvgIpc) is 3.01. The molecule has 4 aromatic carbocycles. The van der Waals surface area contributed by atoms with E-state index in [1.807, 2.05) is 104 Å². The predicted molar refractivity (Wildman–Crippen MR) is 161 cm³/mol. The molecule has 6 nitrogen and oxygen atoms in total. The van der Waals surface area contributed by atoms with E-state index in [2.05, 4.69) is 10.3 Å². The fourth-order valence-corrected chi connectivity index (χ4v) is 6.82. The third-order valence-corrected chi connectivity index (χ3v) is 9.43. The summed E-state index contributed by atoms with van der Waals surface area (Å²) in [6.07, 6.45) is 1.68. The molecule has 0 fully saturated rings. The predicted octanol–water partition coefficient (Wildman–Crippen LogP) is 8.34. The fourth-order valence-electron chi connectivity index (χ4n) is 4.14. The molecule has 0 saturated carbocycles. The van der Waals surface area contributed by atoms with Crippen LogP contribution in [0.5, 0.6) is 11.5 Å². The molecular weight excluding hydrogens is 539 g/mol. The zero-order valence-electron chi connectivity index (χ0n) is 21.9. The van der Waals surface area contributed by atoms with Crippen molar-refractivity contribution in [3.63, 3.8) is 0 Å². The molecule has 8 heteroatoms. The lowest BCUT2D eigenvalue weighted by molar-refractivity contribution is 0.376. The van der Waals surface area contributed by atoms with Crippen molar-refractivity contribution < 1.29 is 17.8 Å². The first-order valence-corrected chi connectivity index (χ1v) is 15.8. The molecule has 2 unspecified atom stereocenters. The summed E-state index contributed by atoms with van der Waals surface area (Å²) in [5.74, 6) is 0.521. The minimum absolute atomic E-state index is 0.426. The quantitative estimate of drug-likeness (QED) is 0.161. The van der Waals surface area contributed by atoms with Crippen molar-refractivity contribution in [3.8, 4) is 22.8 Å². The van der Waals surface area contributed by atoms with Gasteiger partial charge in [0, 0.05) is 28.1 Å². The first kappa shape index (κ1) is 27.4. The molecule has 0 spiro atoms. The van der Waals surface area contributed by atoms with Gasteiger partial charge in [-0.15, -0.1) is 0 Å². The van der Waals surface area contributed by atoms with Gasteiger partial charge in [0.25, 0.3) is 0 Å². The van der Waals surface area contributed by atoms with Gasteiger partial charge in [0.05, 0.1) is 16.5 Å². The summed E-state index contributed by atoms with van der Waals surface area (Å²) in [4.78, 5) is 5.34. The van der Waals surface area contributed by atoms with Gasteiger partial charge in [-0.3, -0.25) is 9.19 Å². The third-order valence-electron chi connectivity index (χ3n) is 6.12. The van der Waals surface area contributed by atoms with Gasteiger partial charge in [0.1, 0.15) is 11.5 Å². The van der Waals surface area contributed by atoms with Crippen molar-refractivity contribution in [2.45, 2.75) is 17.6 Å². The minimum Gasteiger partial charge on any atom is -0.414 e. The van der Waals surface area contributed by atoms with Gasteiger partial charge in [-0.25, -0.2) is 4.57 Å². The molecule has 0 saturated heterocycles. The van der Waals surface area contributed by atoms with E-state index in [9.17, 15) is 8.77 Å².